The molecule has 0 atom stereocenters. The molecule has 0 amide bonds. The molecule has 0 spiro atoms. The second kappa shape index (κ2) is 9.12. The van der Waals surface area contributed by atoms with E-state index in [1.807, 2.05) is 17.9 Å². The van der Waals surface area contributed by atoms with E-state index >= 15 is 0 Å². The molecule has 1 saturated carbocycles. The van der Waals surface area contributed by atoms with Crippen molar-refractivity contribution in [3.63, 3.8) is 0 Å². The highest BCUT2D eigenvalue weighted by molar-refractivity contribution is 9.10. The zero-order valence-electron chi connectivity index (χ0n) is 17.1. The lowest BCUT2D eigenvalue weighted by Crippen LogP contribution is -2.26. The van der Waals surface area contributed by atoms with E-state index in [9.17, 15) is 8.42 Å². The minimum Gasteiger partial charge on any atom is -0.274 e. The standard InChI is InChI=1S/C22H31BrN2O2S/c1-16(2)28(26,27)15-19-11-8-17(9-12-19)7-10-18-5-4-6-20(13-18)22-21(23)14-25(3)24-22/h4-6,13-14,16-17,19H,7-12,15H2,1-3H3. The van der Waals surface area contributed by atoms with Gasteiger partial charge >= 0.3 is 0 Å². The van der Waals surface area contributed by atoms with Crippen molar-refractivity contribution in [2.24, 2.45) is 18.9 Å². The van der Waals surface area contributed by atoms with Crippen molar-refractivity contribution < 1.29 is 8.42 Å². The quantitative estimate of drug-likeness (QED) is 0.547. The Morgan fingerprint density at radius 3 is 2.46 bits per heavy atom. The molecule has 0 radical (unpaired) electrons. The fraction of sp³-hybridized carbons (Fsp3) is 0.591. The van der Waals surface area contributed by atoms with Crippen LogP contribution in [0.4, 0.5) is 0 Å². The molecule has 3 rings (SSSR count). The molecule has 1 fully saturated rings. The van der Waals surface area contributed by atoms with Crippen molar-refractivity contribution in [2.45, 2.75) is 57.6 Å². The van der Waals surface area contributed by atoms with E-state index < -0.39 is 9.84 Å². The fourth-order valence-electron chi connectivity index (χ4n) is 4.11. The Morgan fingerprint density at radius 1 is 1.18 bits per heavy atom. The first-order valence-corrected chi connectivity index (χ1v) is 12.8. The Bertz CT molecular complexity index is 897. The predicted molar refractivity (Wildman–Crippen MR) is 119 cm³/mol. The van der Waals surface area contributed by atoms with Gasteiger partial charge < -0.3 is 0 Å². The first-order chi connectivity index (χ1) is 13.2. The zero-order chi connectivity index (χ0) is 20.3. The summed E-state index contributed by atoms with van der Waals surface area (Å²) >= 11 is 3.59. The van der Waals surface area contributed by atoms with E-state index in [1.54, 1.807) is 13.8 Å². The van der Waals surface area contributed by atoms with E-state index in [4.69, 9.17) is 0 Å². The molecule has 0 unspecified atom stereocenters. The maximum absolute atomic E-state index is 12.2. The fourth-order valence-corrected chi connectivity index (χ4v) is 6.09. The molecule has 4 nitrogen and oxygen atoms in total. The lowest BCUT2D eigenvalue weighted by Gasteiger charge is -2.28. The van der Waals surface area contributed by atoms with E-state index in [2.05, 4.69) is 45.3 Å². The van der Waals surface area contributed by atoms with E-state index in [1.165, 1.54) is 12.0 Å². The molecular formula is C22H31BrN2O2S. The number of aryl methyl sites for hydroxylation is 2. The van der Waals surface area contributed by atoms with Crippen LogP contribution in [0.15, 0.2) is 34.9 Å². The summed E-state index contributed by atoms with van der Waals surface area (Å²) in [4.78, 5) is 0. The Kier molecular flexibility index (Phi) is 7.02. The third-order valence-electron chi connectivity index (χ3n) is 5.98. The maximum Gasteiger partial charge on any atom is 0.152 e. The molecule has 0 N–H and O–H groups in total. The van der Waals surface area contributed by atoms with Gasteiger partial charge in [-0.1, -0.05) is 31.0 Å². The second-order valence-corrected chi connectivity index (χ2v) is 12.0. The lowest BCUT2D eigenvalue weighted by molar-refractivity contribution is 0.278. The van der Waals surface area contributed by atoms with E-state index in [0.29, 0.717) is 17.6 Å². The average Bonchev–Trinajstić information content (AvgIpc) is 2.99. The van der Waals surface area contributed by atoms with Gasteiger partial charge in [-0.25, -0.2) is 8.42 Å². The van der Waals surface area contributed by atoms with Gasteiger partial charge in [0.25, 0.3) is 0 Å². The predicted octanol–water partition coefficient (Wildman–Crippen LogP) is 5.41. The molecule has 154 valence electrons. The first kappa shape index (κ1) is 21.6. The molecule has 0 saturated heterocycles. The summed E-state index contributed by atoms with van der Waals surface area (Å²) in [6.45, 7) is 3.58. The minimum absolute atomic E-state index is 0.253. The van der Waals surface area contributed by atoms with E-state index in [0.717, 1.165) is 47.8 Å². The highest BCUT2D eigenvalue weighted by atomic mass is 79.9. The number of hydrogen-bond acceptors (Lipinski definition) is 3. The summed E-state index contributed by atoms with van der Waals surface area (Å²) in [5, 5.41) is 4.29. The Hall–Kier alpha value is -1.14. The van der Waals surface area contributed by atoms with Crippen molar-refractivity contribution >= 4 is 25.8 Å². The summed E-state index contributed by atoms with van der Waals surface area (Å²) in [5.41, 5.74) is 3.48. The summed E-state index contributed by atoms with van der Waals surface area (Å²) < 4.78 is 27.1. The summed E-state index contributed by atoms with van der Waals surface area (Å²) in [6.07, 6.45) is 8.64. The van der Waals surface area contributed by atoms with Gasteiger partial charge in [0, 0.05) is 18.8 Å². The van der Waals surface area contributed by atoms with Crippen LogP contribution >= 0.6 is 15.9 Å². The van der Waals surface area contributed by atoms with Gasteiger partial charge in [0.1, 0.15) is 5.69 Å². The van der Waals surface area contributed by atoms with Gasteiger partial charge in [0.05, 0.1) is 15.5 Å². The highest BCUT2D eigenvalue weighted by Crippen LogP contribution is 2.33. The van der Waals surface area contributed by atoms with Crippen LogP contribution in [-0.2, 0) is 23.3 Å². The molecule has 1 aliphatic rings. The van der Waals surface area contributed by atoms with Gasteiger partial charge in [0.2, 0.25) is 0 Å². The first-order valence-electron chi connectivity index (χ1n) is 10.2. The number of nitrogens with zero attached hydrogens (tertiary/aromatic N) is 2. The summed E-state index contributed by atoms with van der Waals surface area (Å²) in [7, 11) is -0.984. The molecule has 0 aliphatic heterocycles. The van der Waals surface area contributed by atoms with Crippen molar-refractivity contribution in [1.29, 1.82) is 0 Å². The van der Waals surface area contributed by atoms with Crippen LogP contribution in [0.5, 0.6) is 0 Å². The third kappa shape index (κ3) is 5.47. The second-order valence-electron chi connectivity index (χ2n) is 8.50. The largest absolute Gasteiger partial charge is 0.274 e. The van der Waals surface area contributed by atoms with Gasteiger partial charge in [0.15, 0.2) is 9.84 Å². The Labute approximate surface area is 177 Å². The third-order valence-corrected chi connectivity index (χ3v) is 8.93. The molecule has 1 aromatic heterocycles. The molecule has 1 aromatic carbocycles. The maximum atomic E-state index is 12.2. The SMILES string of the molecule is CC(C)S(=O)(=O)CC1CCC(CCc2cccc(-c3nn(C)cc3Br)c2)CC1. The number of rotatable bonds is 7. The monoisotopic (exact) mass is 466 g/mol. The van der Waals surface area contributed by atoms with Crippen LogP contribution in [0.1, 0.15) is 51.5 Å². The van der Waals surface area contributed by atoms with Crippen LogP contribution in [0.2, 0.25) is 0 Å². The molecule has 1 aliphatic carbocycles. The van der Waals surface area contributed by atoms with Gasteiger partial charge in [-0.2, -0.15) is 5.10 Å². The van der Waals surface area contributed by atoms with E-state index in [-0.39, 0.29) is 5.25 Å². The minimum atomic E-state index is -2.92. The number of halogens is 1. The molecule has 2 aromatic rings. The summed E-state index contributed by atoms with van der Waals surface area (Å²) in [5.74, 6) is 1.44. The van der Waals surface area contributed by atoms with Crippen LogP contribution in [0.25, 0.3) is 11.3 Å². The lowest BCUT2D eigenvalue weighted by atomic mass is 9.80. The number of sulfone groups is 1. The average molecular weight is 467 g/mol. The van der Waals surface area contributed by atoms with Crippen molar-refractivity contribution in [2.75, 3.05) is 5.75 Å². The topological polar surface area (TPSA) is 52.0 Å². The summed E-state index contributed by atoms with van der Waals surface area (Å²) in [6, 6.07) is 8.66. The van der Waals surface area contributed by atoms with Gasteiger partial charge in [-0.05, 0) is 78.9 Å². The van der Waals surface area contributed by atoms with Gasteiger partial charge in [-0.15, -0.1) is 0 Å². The van der Waals surface area contributed by atoms with Crippen molar-refractivity contribution in [3.8, 4) is 11.3 Å². The van der Waals surface area contributed by atoms with Gasteiger partial charge in [-0.3, -0.25) is 4.68 Å². The number of hydrogen-bond donors (Lipinski definition) is 0. The molecule has 0 bridgehead atoms. The highest BCUT2D eigenvalue weighted by Gasteiger charge is 2.27. The van der Waals surface area contributed by atoms with Crippen LogP contribution in [0.3, 0.4) is 0 Å². The molecular weight excluding hydrogens is 436 g/mol. The normalized spacial score (nSPS) is 20.6. The zero-order valence-corrected chi connectivity index (χ0v) is 19.5. The van der Waals surface area contributed by atoms with Crippen LogP contribution in [-0.4, -0.2) is 29.2 Å². The molecule has 6 heteroatoms. The van der Waals surface area contributed by atoms with Crippen molar-refractivity contribution in [1.82, 2.24) is 9.78 Å². The number of aromatic nitrogens is 2. The number of benzene rings is 1. The Balaban J connectivity index is 1.52. The van der Waals surface area contributed by atoms with Crippen LogP contribution < -0.4 is 0 Å². The smallest absolute Gasteiger partial charge is 0.152 e. The molecule has 1 heterocycles. The molecule has 28 heavy (non-hydrogen) atoms. The Morgan fingerprint density at radius 2 is 1.86 bits per heavy atom. The van der Waals surface area contributed by atoms with Crippen molar-refractivity contribution in [3.05, 3.63) is 40.5 Å². The van der Waals surface area contributed by atoms with Crippen LogP contribution in [0, 0.1) is 11.8 Å².